The summed E-state index contributed by atoms with van der Waals surface area (Å²) in [4.78, 5) is 15.3. The monoisotopic (exact) mass is 285 g/mol. The Bertz CT molecular complexity index is 808. The van der Waals surface area contributed by atoms with Crippen LogP contribution in [0.5, 0.6) is 0 Å². The number of hydrogen-bond donors (Lipinski definition) is 1. The molecule has 5 heteroatoms. The smallest absolute Gasteiger partial charge is 0.310 e. The van der Waals surface area contributed by atoms with Crippen LogP contribution in [0.15, 0.2) is 46.9 Å². The number of aliphatic carboxylic acids is 1. The summed E-state index contributed by atoms with van der Waals surface area (Å²) >= 11 is 0. The van der Waals surface area contributed by atoms with Crippen molar-refractivity contribution in [2.45, 2.75) is 12.8 Å². The van der Waals surface area contributed by atoms with E-state index >= 15 is 0 Å². The number of aromatic nitrogens is 1. The van der Waals surface area contributed by atoms with Crippen molar-refractivity contribution < 1.29 is 18.7 Å². The first-order valence-electron chi connectivity index (χ1n) is 6.44. The minimum absolute atomic E-state index is 0.326. The van der Waals surface area contributed by atoms with Gasteiger partial charge in [0, 0.05) is 5.56 Å². The molecule has 3 aromatic rings. The molecular weight excluding hydrogens is 273 g/mol. The molecule has 0 saturated heterocycles. The lowest BCUT2D eigenvalue weighted by molar-refractivity contribution is -0.138. The zero-order valence-electron chi connectivity index (χ0n) is 11.2. The first kappa shape index (κ1) is 13.3. The number of oxazole rings is 1. The molecule has 21 heavy (non-hydrogen) atoms. The Morgan fingerprint density at radius 1 is 1.24 bits per heavy atom. The molecule has 2 aromatic carbocycles. The summed E-state index contributed by atoms with van der Waals surface area (Å²) in [6.07, 6.45) is 0. The third-order valence-electron chi connectivity index (χ3n) is 3.37. The molecule has 0 unspecified atom stereocenters. The molecule has 0 amide bonds. The lowest BCUT2D eigenvalue weighted by Gasteiger charge is -2.04. The summed E-state index contributed by atoms with van der Waals surface area (Å²) in [5, 5.41) is 9.04. The van der Waals surface area contributed by atoms with Gasteiger partial charge in [0.15, 0.2) is 5.58 Å². The fourth-order valence-electron chi connectivity index (χ4n) is 2.07. The van der Waals surface area contributed by atoms with Crippen LogP contribution < -0.4 is 0 Å². The first-order chi connectivity index (χ1) is 10.0. The topological polar surface area (TPSA) is 63.3 Å². The van der Waals surface area contributed by atoms with Gasteiger partial charge in [-0.2, -0.15) is 0 Å². The molecule has 0 aliphatic heterocycles. The lowest BCUT2D eigenvalue weighted by atomic mass is 10.0. The normalized spacial score (nSPS) is 12.5. The van der Waals surface area contributed by atoms with Gasteiger partial charge >= 0.3 is 5.97 Å². The van der Waals surface area contributed by atoms with Crippen LogP contribution in [0.2, 0.25) is 0 Å². The molecule has 0 aliphatic carbocycles. The SMILES string of the molecule is C[C@@H](C(=O)O)c1ccc2oc(-c3ccc(F)cc3)nc2c1. The van der Waals surface area contributed by atoms with Gasteiger partial charge in [0.2, 0.25) is 5.89 Å². The maximum Gasteiger partial charge on any atom is 0.310 e. The fraction of sp³-hybridized carbons (Fsp3) is 0.125. The molecule has 0 bridgehead atoms. The minimum atomic E-state index is -0.892. The maximum absolute atomic E-state index is 12.9. The average Bonchev–Trinajstić information content (AvgIpc) is 2.89. The number of halogens is 1. The predicted molar refractivity (Wildman–Crippen MR) is 75.5 cm³/mol. The molecule has 0 radical (unpaired) electrons. The average molecular weight is 285 g/mol. The summed E-state index contributed by atoms with van der Waals surface area (Å²) in [5.74, 6) is -1.45. The van der Waals surface area contributed by atoms with Gasteiger partial charge < -0.3 is 9.52 Å². The molecule has 1 aromatic heterocycles. The van der Waals surface area contributed by atoms with E-state index in [1.807, 2.05) is 0 Å². The Hall–Kier alpha value is -2.69. The van der Waals surface area contributed by atoms with Gasteiger partial charge in [0.1, 0.15) is 11.3 Å². The second-order valence-corrected chi connectivity index (χ2v) is 4.81. The number of carboxylic acid groups (broad SMARTS) is 1. The Labute approximate surface area is 119 Å². The van der Waals surface area contributed by atoms with Gasteiger partial charge in [0.05, 0.1) is 5.92 Å². The van der Waals surface area contributed by atoms with Crippen molar-refractivity contribution in [3.05, 3.63) is 53.8 Å². The molecule has 0 saturated carbocycles. The number of carbonyl (C=O) groups is 1. The number of hydrogen-bond acceptors (Lipinski definition) is 3. The van der Waals surface area contributed by atoms with Gasteiger partial charge in [-0.15, -0.1) is 0 Å². The standard InChI is InChI=1S/C16H12FNO3/c1-9(16(19)20)11-4-7-14-13(8-11)18-15(21-14)10-2-5-12(17)6-3-10/h2-9H,1H3,(H,19,20)/t9-/m1/s1. The van der Waals surface area contributed by atoms with E-state index in [0.717, 1.165) is 0 Å². The Morgan fingerprint density at radius 2 is 1.95 bits per heavy atom. The van der Waals surface area contributed by atoms with Crippen LogP contribution in [-0.2, 0) is 4.79 Å². The van der Waals surface area contributed by atoms with Crippen molar-refractivity contribution in [3.8, 4) is 11.5 Å². The molecule has 1 atom stereocenters. The zero-order chi connectivity index (χ0) is 15.0. The lowest BCUT2D eigenvalue weighted by Crippen LogP contribution is -2.06. The Morgan fingerprint density at radius 3 is 2.62 bits per heavy atom. The molecule has 0 fully saturated rings. The van der Waals surface area contributed by atoms with Crippen molar-refractivity contribution in [2.75, 3.05) is 0 Å². The molecule has 106 valence electrons. The molecule has 3 rings (SSSR count). The van der Waals surface area contributed by atoms with Crippen LogP contribution in [0.4, 0.5) is 4.39 Å². The number of carboxylic acids is 1. The molecule has 1 heterocycles. The van der Waals surface area contributed by atoms with E-state index in [-0.39, 0.29) is 5.82 Å². The van der Waals surface area contributed by atoms with Crippen LogP contribution in [0, 0.1) is 5.82 Å². The van der Waals surface area contributed by atoms with Crippen LogP contribution in [0.25, 0.3) is 22.6 Å². The van der Waals surface area contributed by atoms with Gasteiger partial charge in [-0.3, -0.25) is 4.79 Å². The number of benzene rings is 2. The van der Waals surface area contributed by atoms with Crippen LogP contribution in [0.1, 0.15) is 18.4 Å². The summed E-state index contributed by atoms with van der Waals surface area (Å²) in [7, 11) is 0. The maximum atomic E-state index is 12.9. The minimum Gasteiger partial charge on any atom is -0.481 e. The van der Waals surface area contributed by atoms with E-state index in [9.17, 15) is 9.18 Å². The van der Waals surface area contributed by atoms with Crippen LogP contribution in [0.3, 0.4) is 0 Å². The van der Waals surface area contributed by atoms with Crippen molar-refractivity contribution in [1.82, 2.24) is 4.98 Å². The summed E-state index contributed by atoms with van der Waals surface area (Å²) in [6, 6.07) is 10.9. The van der Waals surface area contributed by atoms with E-state index in [1.165, 1.54) is 12.1 Å². The van der Waals surface area contributed by atoms with Crippen molar-refractivity contribution in [2.24, 2.45) is 0 Å². The van der Waals surface area contributed by atoms with Crippen molar-refractivity contribution in [3.63, 3.8) is 0 Å². The molecular formula is C16H12FNO3. The Balaban J connectivity index is 2.04. The number of rotatable bonds is 3. The van der Waals surface area contributed by atoms with E-state index in [4.69, 9.17) is 9.52 Å². The molecule has 1 N–H and O–H groups in total. The second-order valence-electron chi connectivity index (χ2n) is 4.81. The first-order valence-corrected chi connectivity index (χ1v) is 6.44. The van der Waals surface area contributed by atoms with Gasteiger partial charge in [-0.25, -0.2) is 9.37 Å². The van der Waals surface area contributed by atoms with Crippen molar-refractivity contribution >= 4 is 17.1 Å². The number of nitrogens with zero attached hydrogens (tertiary/aromatic N) is 1. The fourth-order valence-corrected chi connectivity index (χ4v) is 2.07. The van der Waals surface area contributed by atoms with Gasteiger partial charge in [-0.1, -0.05) is 6.07 Å². The largest absolute Gasteiger partial charge is 0.481 e. The van der Waals surface area contributed by atoms with E-state index in [1.54, 1.807) is 37.3 Å². The highest BCUT2D eigenvalue weighted by Crippen LogP contribution is 2.27. The quantitative estimate of drug-likeness (QED) is 0.794. The van der Waals surface area contributed by atoms with Gasteiger partial charge in [0.25, 0.3) is 0 Å². The van der Waals surface area contributed by atoms with E-state index in [0.29, 0.717) is 28.1 Å². The predicted octanol–water partition coefficient (Wildman–Crippen LogP) is 3.82. The molecule has 0 spiro atoms. The van der Waals surface area contributed by atoms with E-state index < -0.39 is 11.9 Å². The third kappa shape index (κ3) is 2.50. The molecule has 0 aliphatic rings. The summed E-state index contributed by atoms with van der Waals surface area (Å²) in [6.45, 7) is 1.62. The summed E-state index contributed by atoms with van der Waals surface area (Å²) < 4.78 is 18.5. The third-order valence-corrected chi connectivity index (χ3v) is 3.37. The summed E-state index contributed by atoms with van der Waals surface area (Å²) in [5.41, 5.74) is 2.48. The highest BCUT2D eigenvalue weighted by molar-refractivity contribution is 5.81. The number of fused-ring (bicyclic) bond motifs is 1. The van der Waals surface area contributed by atoms with Gasteiger partial charge in [-0.05, 0) is 48.9 Å². The highest BCUT2D eigenvalue weighted by Gasteiger charge is 2.16. The van der Waals surface area contributed by atoms with Crippen LogP contribution in [-0.4, -0.2) is 16.1 Å². The molecule has 4 nitrogen and oxygen atoms in total. The van der Waals surface area contributed by atoms with Crippen LogP contribution >= 0.6 is 0 Å². The highest BCUT2D eigenvalue weighted by atomic mass is 19.1. The van der Waals surface area contributed by atoms with E-state index in [2.05, 4.69) is 4.98 Å². The Kier molecular flexibility index (Phi) is 3.17. The zero-order valence-corrected chi connectivity index (χ0v) is 11.2. The second kappa shape index (κ2) is 5.01. The van der Waals surface area contributed by atoms with Crippen molar-refractivity contribution in [1.29, 1.82) is 0 Å².